The Balaban J connectivity index is 2.29. The van der Waals surface area contributed by atoms with Gasteiger partial charge < -0.3 is 4.74 Å². The van der Waals surface area contributed by atoms with Crippen molar-refractivity contribution in [3.63, 3.8) is 0 Å². The molecule has 0 N–H and O–H groups in total. The minimum Gasteiger partial charge on any atom is -0.366 e. The molecule has 0 amide bonds. The van der Waals surface area contributed by atoms with E-state index in [0.717, 1.165) is 18.7 Å². The fourth-order valence-corrected chi connectivity index (χ4v) is 1.86. The van der Waals surface area contributed by atoms with Crippen molar-refractivity contribution >= 4 is 0 Å². The van der Waals surface area contributed by atoms with E-state index in [-0.39, 0.29) is 5.60 Å². The van der Waals surface area contributed by atoms with Crippen molar-refractivity contribution in [1.29, 1.82) is 0 Å². The SMILES string of the molecule is C=CCC1(c2ccccn2)C[N]CCO1. The van der Waals surface area contributed by atoms with Crippen LogP contribution in [0.1, 0.15) is 12.1 Å². The Morgan fingerprint density at radius 2 is 2.47 bits per heavy atom. The molecule has 79 valence electrons. The summed E-state index contributed by atoms with van der Waals surface area (Å²) in [4.78, 5) is 4.36. The van der Waals surface area contributed by atoms with Crippen molar-refractivity contribution in [2.24, 2.45) is 0 Å². The number of ether oxygens (including phenoxy) is 1. The van der Waals surface area contributed by atoms with Crippen LogP contribution < -0.4 is 5.32 Å². The molecule has 1 aliphatic heterocycles. The van der Waals surface area contributed by atoms with Crippen LogP contribution in [-0.4, -0.2) is 24.7 Å². The Labute approximate surface area is 90.2 Å². The second-order valence-corrected chi connectivity index (χ2v) is 3.66. The third kappa shape index (κ3) is 2.08. The van der Waals surface area contributed by atoms with Crippen LogP contribution >= 0.6 is 0 Å². The van der Waals surface area contributed by atoms with E-state index in [2.05, 4.69) is 16.9 Å². The molecule has 1 aromatic rings. The maximum absolute atomic E-state index is 5.86. The maximum Gasteiger partial charge on any atom is 0.127 e. The van der Waals surface area contributed by atoms with E-state index in [0.29, 0.717) is 13.2 Å². The van der Waals surface area contributed by atoms with Crippen LogP contribution in [0, 0.1) is 0 Å². The first-order valence-corrected chi connectivity index (χ1v) is 5.17. The molecule has 1 radical (unpaired) electrons. The molecule has 1 aliphatic rings. The summed E-state index contributed by atoms with van der Waals surface area (Å²) in [6, 6.07) is 5.88. The van der Waals surface area contributed by atoms with Crippen molar-refractivity contribution in [3.8, 4) is 0 Å². The van der Waals surface area contributed by atoms with Gasteiger partial charge in [-0.3, -0.25) is 4.98 Å². The predicted molar refractivity (Wildman–Crippen MR) is 58.5 cm³/mol. The van der Waals surface area contributed by atoms with Gasteiger partial charge in [0, 0.05) is 25.7 Å². The first kappa shape index (κ1) is 10.3. The lowest BCUT2D eigenvalue weighted by Gasteiger charge is -2.35. The Morgan fingerprint density at radius 3 is 3.07 bits per heavy atom. The number of hydrogen-bond donors (Lipinski definition) is 0. The third-order valence-electron chi connectivity index (χ3n) is 2.60. The van der Waals surface area contributed by atoms with Crippen LogP contribution in [0.4, 0.5) is 0 Å². The van der Waals surface area contributed by atoms with Gasteiger partial charge in [-0.15, -0.1) is 6.58 Å². The van der Waals surface area contributed by atoms with Crippen LogP contribution in [0.15, 0.2) is 37.1 Å². The highest BCUT2D eigenvalue weighted by atomic mass is 16.5. The molecule has 15 heavy (non-hydrogen) atoms. The molecule has 1 saturated heterocycles. The molecule has 2 heterocycles. The lowest BCUT2D eigenvalue weighted by atomic mass is 9.93. The Hall–Kier alpha value is -1.19. The summed E-state index contributed by atoms with van der Waals surface area (Å²) >= 11 is 0. The fraction of sp³-hybridized carbons (Fsp3) is 0.417. The summed E-state index contributed by atoms with van der Waals surface area (Å²) in [6.45, 7) is 5.91. The molecule has 3 nitrogen and oxygen atoms in total. The van der Waals surface area contributed by atoms with E-state index in [1.54, 1.807) is 6.20 Å². The molecule has 0 aliphatic carbocycles. The monoisotopic (exact) mass is 203 g/mol. The van der Waals surface area contributed by atoms with Gasteiger partial charge in [-0.2, -0.15) is 0 Å². The molecule has 0 saturated carbocycles. The zero-order chi connectivity index (χ0) is 10.6. The van der Waals surface area contributed by atoms with Crippen LogP contribution in [0.2, 0.25) is 0 Å². The van der Waals surface area contributed by atoms with Gasteiger partial charge in [0.25, 0.3) is 0 Å². The summed E-state index contributed by atoms with van der Waals surface area (Å²) in [6.07, 6.45) is 4.42. The Kier molecular flexibility index (Phi) is 3.14. The van der Waals surface area contributed by atoms with E-state index in [1.165, 1.54) is 0 Å². The quantitative estimate of drug-likeness (QED) is 0.698. The van der Waals surface area contributed by atoms with Gasteiger partial charge in [0.2, 0.25) is 0 Å². The lowest BCUT2D eigenvalue weighted by Crippen LogP contribution is -2.44. The highest BCUT2D eigenvalue weighted by Crippen LogP contribution is 2.29. The van der Waals surface area contributed by atoms with Gasteiger partial charge >= 0.3 is 0 Å². The molecule has 0 aromatic carbocycles. The number of nitrogens with zero attached hydrogens (tertiary/aromatic N) is 2. The molecule has 0 bridgehead atoms. The topological polar surface area (TPSA) is 36.2 Å². The number of aromatic nitrogens is 1. The van der Waals surface area contributed by atoms with E-state index in [1.807, 2.05) is 24.3 Å². The van der Waals surface area contributed by atoms with E-state index in [9.17, 15) is 0 Å². The highest BCUT2D eigenvalue weighted by Gasteiger charge is 2.35. The summed E-state index contributed by atoms with van der Waals surface area (Å²) in [5.74, 6) is 0. The van der Waals surface area contributed by atoms with E-state index < -0.39 is 0 Å². The average molecular weight is 203 g/mol. The minimum absolute atomic E-state index is 0.374. The second-order valence-electron chi connectivity index (χ2n) is 3.66. The molecular weight excluding hydrogens is 188 g/mol. The molecule has 3 heteroatoms. The van der Waals surface area contributed by atoms with E-state index >= 15 is 0 Å². The van der Waals surface area contributed by atoms with Crippen molar-refractivity contribution in [3.05, 3.63) is 42.7 Å². The summed E-state index contributed by atoms with van der Waals surface area (Å²) < 4.78 is 5.86. The summed E-state index contributed by atoms with van der Waals surface area (Å²) in [7, 11) is 0. The summed E-state index contributed by atoms with van der Waals surface area (Å²) in [5, 5.41) is 4.41. The number of pyridine rings is 1. The van der Waals surface area contributed by atoms with Crippen molar-refractivity contribution in [1.82, 2.24) is 10.3 Å². The van der Waals surface area contributed by atoms with Gasteiger partial charge in [0.1, 0.15) is 5.60 Å². The molecule has 0 spiro atoms. The average Bonchev–Trinajstić information content (AvgIpc) is 2.32. The van der Waals surface area contributed by atoms with Gasteiger partial charge in [0.05, 0.1) is 12.3 Å². The Morgan fingerprint density at radius 1 is 1.53 bits per heavy atom. The molecular formula is C12H15N2O. The number of hydrogen-bond acceptors (Lipinski definition) is 2. The zero-order valence-corrected chi connectivity index (χ0v) is 8.72. The number of rotatable bonds is 3. The molecule has 1 unspecified atom stereocenters. The van der Waals surface area contributed by atoms with Crippen molar-refractivity contribution < 1.29 is 4.74 Å². The molecule has 1 atom stereocenters. The summed E-state index contributed by atoms with van der Waals surface area (Å²) in [5.41, 5.74) is 0.578. The zero-order valence-electron chi connectivity index (χ0n) is 8.72. The van der Waals surface area contributed by atoms with Gasteiger partial charge in [-0.25, -0.2) is 5.32 Å². The van der Waals surface area contributed by atoms with Crippen LogP contribution in [0.25, 0.3) is 0 Å². The Bertz CT molecular complexity index is 318. The maximum atomic E-state index is 5.86. The molecule has 2 rings (SSSR count). The highest BCUT2D eigenvalue weighted by molar-refractivity contribution is 5.16. The first-order valence-electron chi connectivity index (χ1n) is 5.17. The van der Waals surface area contributed by atoms with Gasteiger partial charge in [0.15, 0.2) is 0 Å². The van der Waals surface area contributed by atoms with Crippen molar-refractivity contribution in [2.75, 3.05) is 19.7 Å². The lowest BCUT2D eigenvalue weighted by molar-refractivity contribution is -0.0732. The van der Waals surface area contributed by atoms with Crippen LogP contribution in [0.3, 0.4) is 0 Å². The first-order chi connectivity index (χ1) is 7.37. The standard InChI is InChI=1S/C12H15N2O/c1-2-6-12(10-13-8-9-15-12)11-5-3-4-7-14-11/h2-5,7H,1,6,8-10H2. The van der Waals surface area contributed by atoms with Gasteiger partial charge in [-0.05, 0) is 12.1 Å². The third-order valence-corrected chi connectivity index (χ3v) is 2.60. The fourth-order valence-electron chi connectivity index (χ4n) is 1.86. The largest absolute Gasteiger partial charge is 0.366 e. The van der Waals surface area contributed by atoms with E-state index in [4.69, 9.17) is 4.74 Å². The van der Waals surface area contributed by atoms with Crippen LogP contribution in [-0.2, 0) is 10.3 Å². The second kappa shape index (κ2) is 4.55. The predicted octanol–water partition coefficient (Wildman–Crippen LogP) is 1.49. The van der Waals surface area contributed by atoms with Gasteiger partial charge in [-0.1, -0.05) is 12.1 Å². The normalized spacial score (nSPS) is 26.1. The molecule has 1 fully saturated rings. The van der Waals surface area contributed by atoms with Crippen LogP contribution in [0.5, 0.6) is 0 Å². The minimum atomic E-state index is -0.374. The molecule has 1 aromatic heterocycles. The number of morpholine rings is 1. The smallest absolute Gasteiger partial charge is 0.127 e. The van der Waals surface area contributed by atoms with Crippen molar-refractivity contribution in [2.45, 2.75) is 12.0 Å².